The Morgan fingerprint density at radius 3 is 2.32 bits per heavy atom. The molecule has 0 saturated carbocycles. The molecule has 1 aromatic heterocycles. The quantitative estimate of drug-likeness (QED) is 0.935. The normalized spacial score (nSPS) is 12.3. The van der Waals surface area contributed by atoms with E-state index in [-0.39, 0.29) is 6.04 Å². The minimum atomic E-state index is -0.286. The third-order valence-corrected chi connectivity index (χ3v) is 3.63. The molecule has 0 saturated heterocycles. The van der Waals surface area contributed by atoms with Crippen LogP contribution in [0.5, 0.6) is 11.5 Å². The number of methoxy groups -OCH3 is 2. The molecule has 2 N–H and O–H groups in total. The Morgan fingerprint density at radius 1 is 1.16 bits per heavy atom. The zero-order chi connectivity index (χ0) is 14.0. The summed E-state index contributed by atoms with van der Waals surface area (Å²) >= 11 is 3.51. The van der Waals surface area contributed by atoms with Crippen molar-refractivity contribution >= 4 is 15.9 Å². The zero-order valence-corrected chi connectivity index (χ0v) is 12.7. The van der Waals surface area contributed by atoms with Gasteiger partial charge in [-0.25, -0.2) is 0 Å². The molecule has 4 nitrogen and oxygen atoms in total. The van der Waals surface area contributed by atoms with Crippen molar-refractivity contribution in [3.05, 3.63) is 45.8 Å². The van der Waals surface area contributed by atoms with Crippen LogP contribution in [0.3, 0.4) is 0 Å². The van der Waals surface area contributed by atoms with Crippen LogP contribution in [-0.4, -0.2) is 14.2 Å². The standard InChI is InChI=1S/C14H16BrNO3/c1-8-4-9(7-19-8)14(16)10-5-12(17-2)13(18-3)6-11(10)15/h4-7,14H,16H2,1-3H3. The molecule has 0 aliphatic heterocycles. The number of rotatable bonds is 4. The van der Waals surface area contributed by atoms with Crippen LogP contribution >= 0.6 is 15.9 Å². The van der Waals surface area contributed by atoms with Gasteiger partial charge >= 0.3 is 0 Å². The van der Waals surface area contributed by atoms with E-state index in [4.69, 9.17) is 19.6 Å². The van der Waals surface area contributed by atoms with E-state index < -0.39 is 0 Å². The summed E-state index contributed by atoms with van der Waals surface area (Å²) in [5.74, 6) is 2.15. The van der Waals surface area contributed by atoms with E-state index >= 15 is 0 Å². The van der Waals surface area contributed by atoms with Gasteiger partial charge < -0.3 is 19.6 Å². The van der Waals surface area contributed by atoms with Crippen molar-refractivity contribution in [3.8, 4) is 11.5 Å². The van der Waals surface area contributed by atoms with Crippen LogP contribution in [0.1, 0.15) is 22.9 Å². The average Bonchev–Trinajstić information content (AvgIpc) is 2.84. The second-order valence-electron chi connectivity index (χ2n) is 4.20. The molecule has 0 aliphatic rings. The topological polar surface area (TPSA) is 57.6 Å². The average molecular weight is 326 g/mol. The maximum absolute atomic E-state index is 6.26. The van der Waals surface area contributed by atoms with E-state index in [0.29, 0.717) is 11.5 Å². The summed E-state index contributed by atoms with van der Waals surface area (Å²) in [4.78, 5) is 0. The molecule has 0 bridgehead atoms. The second-order valence-corrected chi connectivity index (χ2v) is 5.05. The third-order valence-electron chi connectivity index (χ3n) is 2.95. The monoisotopic (exact) mass is 325 g/mol. The first kappa shape index (κ1) is 14.0. The lowest BCUT2D eigenvalue weighted by atomic mass is 10.0. The first-order valence-electron chi connectivity index (χ1n) is 5.78. The molecule has 19 heavy (non-hydrogen) atoms. The molecule has 5 heteroatoms. The van der Waals surface area contributed by atoms with Crippen LogP contribution in [0.25, 0.3) is 0 Å². The maximum Gasteiger partial charge on any atom is 0.161 e. The van der Waals surface area contributed by atoms with E-state index in [0.717, 1.165) is 21.4 Å². The molecule has 1 atom stereocenters. The Kier molecular flexibility index (Phi) is 4.17. The lowest BCUT2D eigenvalue weighted by Crippen LogP contribution is -2.12. The van der Waals surface area contributed by atoms with Crippen LogP contribution in [0, 0.1) is 6.92 Å². The summed E-state index contributed by atoms with van der Waals surface area (Å²) < 4.78 is 16.7. The van der Waals surface area contributed by atoms with Gasteiger partial charge in [-0.05, 0) is 30.7 Å². The fourth-order valence-corrected chi connectivity index (χ4v) is 2.48. The van der Waals surface area contributed by atoms with Gasteiger partial charge in [-0.15, -0.1) is 0 Å². The van der Waals surface area contributed by atoms with Gasteiger partial charge in [0.1, 0.15) is 5.76 Å². The van der Waals surface area contributed by atoms with Crippen LogP contribution in [-0.2, 0) is 0 Å². The number of halogens is 1. The Balaban J connectivity index is 2.44. The molecule has 0 fully saturated rings. The van der Waals surface area contributed by atoms with Gasteiger partial charge in [0.15, 0.2) is 11.5 Å². The fraction of sp³-hybridized carbons (Fsp3) is 0.286. The smallest absolute Gasteiger partial charge is 0.161 e. The number of benzene rings is 1. The Labute approximate surface area is 120 Å². The fourth-order valence-electron chi connectivity index (χ4n) is 1.91. The van der Waals surface area contributed by atoms with E-state index in [1.807, 2.05) is 25.1 Å². The summed E-state index contributed by atoms with van der Waals surface area (Å²) in [7, 11) is 3.20. The summed E-state index contributed by atoms with van der Waals surface area (Å²) in [6, 6.07) is 5.36. The molecule has 1 unspecified atom stereocenters. The third kappa shape index (κ3) is 2.77. The highest BCUT2D eigenvalue weighted by Crippen LogP contribution is 2.37. The van der Waals surface area contributed by atoms with Crippen LogP contribution < -0.4 is 15.2 Å². The van der Waals surface area contributed by atoms with Gasteiger partial charge in [-0.3, -0.25) is 0 Å². The van der Waals surface area contributed by atoms with Crippen molar-refractivity contribution in [2.24, 2.45) is 5.73 Å². The largest absolute Gasteiger partial charge is 0.493 e. The lowest BCUT2D eigenvalue weighted by molar-refractivity contribution is 0.354. The summed E-state index contributed by atoms with van der Waals surface area (Å²) in [5.41, 5.74) is 8.10. The molecule has 0 aliphatic carbocycles. The number of hydrogen-bond acceptors (Lipinski definition) is 4. The first-order chi connectivity index (χ1) is 9.06. The molecular weight excluding hydrogens is 310 g/mol. The van der Waals surface area contributed by atoms with Gasteiger partial charge in [-0.2, -0.15) is 0 Å². The highest BCUT2D eigenvalue weighted by atomic mass is 79.9. The van der Waals surface area contributed by atoms with Crippen molar-refractivity contribution in [2.75, 3.05) is 14.2 Å². The van der Waals surface area contributed by atoms with Gasteiger partial charge in [-0.1, -0.05) is 15.9 Å². The van der Waals surface area contributed by atoms with Crippen molar-refractivity contribution < 1.29 is 13.9 Å². The molecule has 0 amide bonds. The number of ether oxygens (including phenoxy) is 2. The van der Waals surface area contributed by atoms with Crippen LogP contribution in [0.2, 0.25) is 0 Å². The second kappa shape index (κ2) is 5.67. The number of aryl methyl sites for hydroxylation is 1. The molecule has 102 valence electrons. The highest BCUT2D eigenvalue weighted by Gasteiger charge is 2.18. The van der Waals surface area contributed by atoms with E-state index in [2.05, 4.69) is 15.9 Å². The molecule has 1 heterocycles. The number of nitrogens with two attached hydrogens (primary N) is 1. The molecular formula is C14H16BrNO3. The van der Waals surface area contributed by atoms with Crippen molar-refractivity contribution in [3.63, 3.8) is 0 Å². The minimum Gasteiger partial charge on any atom is -0.493 e. The van der Waals surface area contributed by atoms with E-state index in [9.17, 15) is 0 Å². The first-order valence-corrected chi connectivity index (χ1v) is 6.58. The minimum absolute atomic E-state index is 0.286. The maximum atomic E-state index is 6.26. The van der Waals surface area contributed by atoms with Crippen LogP contribution in [0.4, 0.5) is 0 Å². The van der Waals surface area contributed by atoms with Gasteiger partial charge in [0, 0.05) is 10.0 Å². The zero-order valence-electron chi connectivity index (χ0n) is 11.1. The van der Waals surface area contributed by atoms with Gasteiger partial charge in [0.05, 0.1) is 26.5 Å². The Bertz CT molecular complexity index is 580. The van der Waals surface area contributed by atoms with Crippen molar-refractivity contribution in [1.29, 1.82) is 0 Å². The van der Waals surface area contributed by atoms with Crippen molar-refractivity contribution in [1.82, 2.24) is 0 Å². The Hall–Kier alpha value is -1.46. The molecule has 0 spiro atoms. The molecule has 2 rings (SSSR count). The summed E-state index contributed by atoms with van der Waals surface area (Å²) in [6.07, 6.45) is 1.67. The number of furan rings is 1. The predicted molar refractivity (Wildman–Crippen MR) is 76.7 cm³/mol. The van der Waals surface area contributed by atoms with E-state index in [1.165, 1.54) is 0 Å². The van der Waals surface area contributed by atoms with Crippen molar-refractivity contribution in [2.45, 2.75) is 13.0 Å². The van der Waals surface area contributed by atoms with Crippen LogP contribution in [0.15, 0.2) is 33.4 Å². The highest BCUT2D eigenvalue weighted by molar-refractivity contribution is 9.10. The SMILES string of the molecule is COc1cc(Br)c(C(N)c2coc(C)c2)cc1OC. The number of hydrogen-bond donors (Lipinski definition) is 1. The predicted octanol–water partition coefficient (Wildman–Crippen LogP) is 3.42. The summed E-state index contributed by atoms with van der Waals surface area (Å²) in [5, 5.41) is 0. The lowest BCUT2D eigenvalue weighted by Gasteiger charge is -2.16. The molecule has 1 aromatic carbocycles. The summed E-state index contributed by atoms with van der Waals surface area (Å²) in [6.45, 7) is 1.89. The van der Waals surface area contributed by atoms with Gasteiger partial charge in [0.2, 0.25) is 0 Å². The van der Waals surface area contributed by atoms with E-state index in [1.54, 1.807) is 20.5 Å². The Morgan fingerprint density at radius 2 is 1.79 bits per heavy atom. The van der Waals surface area contributed by atoms with Gasteiger partial charge in [0.25, 0.3) is 0 Å². The molecule has 2 aromatic rings. The molecule has 0 radical (unpaired) electrons.